The Kier molecular flexibility index (Phi) is 4.72. The largest absolute Gasteiger partial charge is 0.344 e. The van der Waals surface area contributed by atoms with Crippen LogP contribution in [0.2, 0.25) is 0 Å². The lowest BCUT2D eigenvalue weighted by Gasteiger charge is -2.22. The first kappa shape index (κ1) is 18.4. The highest BCUT2D eigenvalue weighted by Gasteiger charge is 2.24. The first-order valence-electron chi connectivity index (χ1n) is 9.09. The van der Waals surface area contributed by atoms with Gasteiger partial charge in [-0.25, -0.2) is 9.97 Å². The monoisotopic (exact) mass is 395 g/mol. The number of aryl methyl sites for hydroxylation is 1. The SMILES string of the molecule is CC(C)[C@H](NC(=O)Cn1cnc2sccc2c1=O)c1nc2ccccc2n1C. The highest BCUT2D eigenvalue weighted by Crippen LogP contribution is 2.24. The zero-order valence-corrected chi connectivity index (χ0v) is 16.7. The Morgan fingerprint density at radius 3 is 2.79 bits per heavy atom. The number of hydrogen-bond donors (Lipinski definition) is 1. The van der Waals surface area contributed by atoms with E-state index < -0.39 is 0 Å². The maximum Gasteiger partial charge on any atom is 0.262 e. The van der Waals surface area contributed by atoms with Gasteiger partial charge in [0, 0.05) is 7.05 Å². The molecule has 144 valence electrons. The van der Waals surface area contributed by atoms with E-state index >= 15 is 0 Å². The molecule has 0 saturated carbocycles. The molecule has 4 aromatic rings. The Labute approximate surface area is 165 Å². The molecule has 1 aromatic carbocycles. The third-order valence-corrected chi connectivity index (χ3v) is 5.67. The van der Waals surface area contributed by atoms with Crippen LogP contribution in [0.15, 0.2) is 46.8 Å². The molecule has 0 saturated heterocycles. The molecule has 4 rings (SSSR count). The summed E-state index contributed by atoms with van der Waals surface area (Å²) in [4.78, 5) is 34.9. The highest BCUT2D eigenvalue weighted by atomic mass is 32.1. The third-order valence-electron chi connectivity index (χ3n) is 4.85. The average molecular weight is 395 g/mol. The molecule has 0 fully saturated rings. The zero-order chi connectivity index (χ0) is 19.8. The number of rotatable bonds is 5. The number of thiophene rings is 1. The van der Waals surface area contributed by atoms with Crippen LogP contribution in [-0.4, -0.2) is 25.0 Å². The van der Waals surface area contributed by atoms with Crippen molar-refractivity contribution < 1.29 is 4.79 Å². The highest BCUT2D eigenvalue weighted by molar-refractivity contribution is 7.16. The molecule has 0 bridgehead atoms. The quantitative estimate of drug-likeness (QED) is 0.563. The molecule has 0 spiro atoms. The van der Waals surface area contributed by atoms with Crippen molar-refractivity contribution in [2.45, 2.75) is 26.4 Å². The number of fused-ring (bicyclic) bond motifs is 2. The number of carbonyl (C=O) groups excluding carboxylic acids is 1. The third kappa shape index (κ3) is 3.20. The zero-order valence-electron chi connectivity index (χ0n) is 15.9. The molecule has 3 aromatic heterocycles. The Hall–Kier alpha value is -3.00. The van der Waals surface area contributed by atoms with E-state index in [-0.39, 0.29) is 30.0 Å². The standard InChI is InChI=1S/C20H21N5O2S/c1-12(2)17(18-22-14-6-4-5-7-15(14)24(18)3)23-16(26)10-25-11-21-19-13(20(25)27)8-9-28-19/h4-9,11-12,17H,10H2,1-3H3,(H,23,26)/t17-/m0/s1. The van der Waals surface area contributed by atoms with Crippen LogP contribution < -0.4 is 10.9 Å². The van der Waals surface area contributed by atoms with Crippen LogP contribution in [0.3, 0.4) is 0 Å². The van der Waals surface area contributed by atoms with Gasteiger partial charge in [0.25, 0.3) is 5.56 Å². The van der Waals surface area contributed by atoms with Gasteiger partial charge in [-0.1, -0.05) is 26.0 Å². The Bertz CT molecular complexity index is 1220. The fourth-order valence-electron chi connectivity index (χ4n) is 3.35. The second-order valence-electron chi connectivity index (χ2n) is 7.12. The van der Waals surface area contributed by atoms with Gasteiger partial charge in [-0.15, -0.1) is 11.3 Å². The normalized spacial score (nSPS) is 12.7. The second-order valence-corrected chi connectivity index (χ2v) is 8.02. The summed E-state index contributed by atoms with van der Waals surface area (Å²) < 4.78 is 3.35. The lowest BCUT2D eigenvalue weighted by molar-refractivity contribution is -0.122. The molecular weight excluding hydrogens is 374 g/mol. The molecule has 8 heteroatoms. The number of nitrogens with zero attached hydrogens (tertiary/aromatic N) is 4. The van der Waals surface area contributed by atoms with Crippen LogP contribution in [0, 0.1) is 5.92 Å². The van der Waals surface area contributed by atoms with Crippen molar-refractivity contribution in [3.05, 3.63) is 58.2 Å². The van der Waals surface area contributed by atoms with Gasteiger partial charge >= 0.3 is 0 Å². The smallest absolute Gasteiger partial charge is 0.262 e. The number of imidazole rings is 1. The van der Waals surface area contributed by atoms with Crippen molar-refractivity contribution >= 4 is 38.5 Å². The summed E-state index contributed by atoms with van der Waals surface area (Å²) in [6.07, 6.45) is 1.43. The van der Waals surface area contributed by atoms with Crippen LogP contribution in [0.25, 0.3) is 21.3 Å². The van der Waals surface area contributed by atoms with Gasteiger partial charge in [0.15, 0.2) is 0 Å². The Morgan fingerprint density at radius 2 is 2.04 bits per heavy atom. The molecule has 1 amide bonds. The number of carbonyl (C=O) groups is 1. The molecule has 0 aliphatic heterocycles. The van der Waals surface area contributed by atoms with Crippen molar-refractivity contribution in [2.75, 3.05) is 0 Å². The number of aromatic nitrogens is 4. The van der Waals surface area contributed by atoms with Gasteiger partial charge in [0.2, 0.25) is 5.91 Å². The van der Waals surface area contributed by atoms with Crippen molar-refractivity contribution in [1.82, 2.24) is 24.4 Å². The topological polar surface area (TPSA) is 81.8 Å². The van der Waals surface area contributed by atoms with Crippen LogP contribution in [0.1, 0.15) is 25.7 Å². The fourth-order valence-corrected chi connectivity index (χ4v) is 4.07. The summed E-state index contributed by atoms with van der Waals surface area (Å²) in [5.74, 6) is 0.682. The number of amides is 1. The minimum atomic E-state index is -0.265. The Morgan fingerprint density at radius 1 is 1.25 bits per heavy atom. The van der Waals surface area contributed by atoms with Gasteiger partial charge < -0.3 is 9.88 Å². The Balaban J connectivity index is 1.60. The van der Waals surface area contributed by atoms with E-state index in [9.17, 15) is 9.59 Å². The van der Waals surface area contributed by atoms with Crippen molar-refractivity contribution in [1.29, 1.82) is 0 Å². The molecular formula is C20H21N5O2S. The second kappa shape index (κ2) is 7.20. The summed E-state index contributed by atoms with van der Waals surface area (Å²) in [5, 5.41) is 5.41. The van der Waals surface area contributed by atoms with Crippen LogP contribution in [0.4, 0.5) is 0 Å². The van der Waals surface area contributed by atoms with E-state index in [1.807, 2.05) is 55.1 Å². The molecule has 1 atom stereocenters. The van der Waals surface area contributed by atoms with Gasteiger partial charge in [0.1, 0.15) is 17.2 Å². The molecule has 28 heavy (non-hydrogen) atoms. The van der Waals surface area contributed by atoms with Crippen molar-refractivity contribution in [3.63, 3.8) is 0 Å². The number of benzene rings is 1. The summed E-state index contributed by atoms with van der Waals surface area (Å²) in [5.41, 5.74) is 1.70. The lowest BCUT2D eigenvalue weighted by atomic mass is 10.0. The molecule has 0 aliphatic rings. The molecule has 3 heterocycles. The maximum atomic E-state index is 12.7. The predicted molar refractivity (Wildman–Crippen MR) is 110 cm³/mol. The molecule has 0 radical (unpaired) electrons. The molecule has 0 unspecified atom stereocenters. The van der Waals surface area contributed by atoms with E-state index in [2.05, 4.69) is 10.3 Å². The predicted octanol–water partition coefficient (Wildman–Crippen LogP) is 2.86. The molecule has 1 N–H and O–H groups in total. The molecule has 0 aliphatic carbocycles. The summed E-state index contributed by atoms with van der Waals surface area (Å²) in [7, 11) is 1.95. The minimum absolute atomic E-state index is 0.0786. The van der Waals surface area contributed by atoms with Crippen LogP contribution >= 0.6 is 11.3 Å². The van der Waals surface area contributed by atoms with E-state index in [0.29, 0.717) is 10.2 Å². The maximum absolute atomic E-state index is 12.7. The van der Waals surface area contributed by atoms with Crippen molar-refractivity contribution in [3.8, 4) is 0 Å². The number of hydrogen-bond acceptors (Lipinski definition) is 5. The first-order chi connectivity index (χ1) is 13.5. The summed E-state index contributed by atoms with van der Waals surface area (Å²) in [6.45, 7) is 4.00. The van der Waals surface area contributed by atoms with Crippen LogP contribution in [0.5, 0.6) is 0 Å². The lowest BCUT2D eigenvalue weighted by Crippen LogP contribution is -2.37. The molecule has 7 nitrogen and oxygen atoms in total. The summed E-state index contributed by atoms with van der Waals surface area (Å²) in [6, 6.07) is 9.35. The average Bonchev–Trinajstić information content (AvgIpc) is 3.27. The number of nitrogens with one attached hydrogen (secondary N) is 1. The summed E-state index contributed by atoms with van der Waals surface area (Å²) >= 11 is 1.41. The van der Waals surface area contributed by atoms with E-state index in [4.69, 9.17) is 4.98 Å². The van der Waals surface area contributed by atoms with Gasteiger partial charge in [-0.05, 0) is 29.5 Å². The first-order valence-corrected chi connectivity index (χ1v) is 9.97. The van der Waals surface area contributed by atoms with Gasteiger partial charge in [-0.2, -0.15) is 0 Å². The van der Waals surface area contributed by atoms with E-state index in [0.717, 1.165) is 16.9 Å². The van der Waals surface area contributed by atoms with E-state index in [1.165, 1.54) is 22.2 Å². The van der Waals surface area contributed by atoms with Crippen molar-refractivity contribution in [2.24, 2.45) is 13.0 Å². The van der Waals surface area contributed by atoms with E-state index in [1.54, 1.807) is 6.07 Å². The number of para-hydroxylation sites is 2. The van der Waals surface area contributed by atoms with Gasteiger partial charge in [-0.3, -0.25) is 14.2 Å². The minimum Gasteiger partial charge on any atom is -0.344 e. The fraction of sp³-hybridized carbons (Fsp3) is 0.300. The van der Waals surface area contributed by atoms with Gasteiger partial charge in [0.05, 0.1) is 28.8 Å². The van der Waals surface area contributed by atoms with Crippen LogP contribution in [-0.2, 0) is 18.4 Å².